The van der Waals surface area contributed by atoms with Crippen molar-refractivity contribution in [3.05, 3.63) is 95.9 Å². The lowest BCUT2D eigenvalue weighted by Crippen LogP contribution is -2.33. The van der Waals surface area contributed by atoms with E-state index in [1.165, 1.54) is 24.3 Å². The Kier molecular flexibility index (Phi) is 5.61. The van der Waals surface area contributed by atoms with Crippen molar-refractivity contribution < 1.29 is 18.3 Å². The van der Waals surface area contributed by atoms with Crippen molar-refractivity contribution in [1.29, 1.82) is 0 Å². The molecule has 0 aliphatic heterocycles. The van der Waals surface area contributed by atoms with Crippen molar-refractivity contribution >= 4 is 10.9 Å². The van der Waals surface area contributed by atoms with Gasteiger partial charge in [-0.2, -0.15) is 0 Å². The molecule has 0 saturated carbocycles. The Balaban J connectivity index is 1.97. The van der Waals surface area contributed by atoms with Gasteiger partial charge >= 0.3 is 0 Å². The second-order valence-electron chi connectivity index (χ2n) is 7.19. The zero-order valence-corrected chi connectivity index (χ0v) is 16.3. The molecule has 2 unspecified atom stereocenters. The number of aromatic nitrogens is 1. The topological polar surface area (TPSA) is 37.2 Å². The number of para-hydroxylation sites is 1. The summed E-state index contributed by atoms with van der Waals surface area (Å²) in [5, 5.41) is 14.6. The summed E-state index contributed by atoms with van der Waals surface area (Å²) in [6.07, 6.45) is 0.801. The first-order chi connectivity index (χ1) is 14.5. The van der Waals surface area contributed by atoms with E-state index in [2.05, 4.69) is 5.32 Å². The summed E-state index contributed by atoms with van der Waals surface area (Å²) in [5.74, 6) is -2.28. The van der Waals surface area contributed by atoms with Crippen LogP contribution in [0.1, 0.15) is 11.6 Å². The van der Waals surface area contributed by atoms with E-state index in [0.717, 1.165) is 11.6 Å². The van der Waals surface area contributed by atoms with Crippen molar-refractivity contribution in [1.82, 2.24) is 9.88 Å². The minimum Gasteiger partial charge on any atom is -0.389 e. The van der Waals surface area contributed by atoms with Gasteiger partial charge in [-0.25, -0.2) is 13.2 Å². The van der Waals surface area contributed by atoms with Gasteiger partial charge in [-0.1, -0.05) is 42.5 Å². The molecule has 0 fully saturated rings. The highest BCUT2D eigenvalue weighted by Gasteiger charge is 2.26. The van der Waals surface area contributed by atoms with Crippen LogP contribution in [0.2, 0.25) is 0 Å². The third-order valence-corrected chi connectivity index (χ3v) is 5.25. The van der Waals surface area contributed by atoms with E-state index < -0.39 is 29.6 Å². The van der Waals surface area contributed by atoms with Crippen molar-refractivity contribution in [3.8, 4) is 11.1 Å². The molecule has 6 heteroatoms. The Morgan fingerprint density at radius 1 is 0.933 bits per heavy atom. The maximum Gasteiger partial charge on any atom is 0.166 e. The summed E-state index contributed by atoms with van der Waals surface area (Å²) in [7, 11) is 1.72. The first-order valence-corrected chi connectivity index (χ1v) is 9.63. The summed E-state index contributed by atoms with van der Waals surface area (Å²) in [6.45, 7) is 0.261. The van der Waals surface area contributed by atoms with Gasteiger partial charge in [-0.15, -0.1) is 0 Å². The summed E-state index contributed by atoms with van der Waals surface area (Å²) in [6, 6.07) is 16.8. The summed E-state index contributed by atoms with van der Waals surface area (Å²) < 4.78 is 44.3. The van der Waals surface area contributed by atoms with Crippen LogP contribution < -0.4 is 5.32 Å². The van der Waals surface area contributed by atoms with Gasteiger partial charge in [0.1, 0.15) is 5.82 Å². The molecule has 3 aromatic carbocycles. The normalized spacial score (nSPS) is 13.5. The van der Waals surface area contributed by atoms with Gasteiger partial charge < -0.3 is 15.0 Å². The standard InChI is InChI=1S/C24H21F3N2O/c1-28-13-22(30)24(15-6-4-7-16(25)12-15)29-14-19(17-8-2-3-11-21(17)29)18-9-5-10-20(26)23(18)27/h2-12,14,22,24,28,30H,13H2,1H3. The van der Waals surface area contributed by atoms with Gasteiger partial charge in [0.05, 0.1) is 12.1 Å². The fourth-order valence-electron chi connectivity index (χ4n) is 3.94. The summed E-state index contributed by atoms with van der Waals surface area (Å²) in [4.78, 5) is 0. The molecule has 2 atom stereocenters. The Hall–Kier alpha value is -3.09. The number of rotatable bonds is 6. The molecule has 0 spiro atoms. The highest BCUT2D eigenvalue weighted by atomic mass is 19.2. The minimum atomic E-state index is -0.932. The van der Waals surface area contributed by atoms with Crippen molar-refractivity contribution in [2.45, 2.75) is 12.1 Å². The highest BCUT2D eigenvalue weighted by molar-refractivity contribution is 5.96. The number of benzene rings is 3. The Labute approximate surface area is 172 Å². The quantitative estimate of drug-likeness (QED) is 0.475. The van der Waals surface area contributed by atoms with E-state index in [1.807, 2.05) is 24.3 Å². The minimum absolute atomic E-state index is 0.131. The fourth-order valence-corrected chi connectivity index (χ4v) is 3.94. The highest BCUT2D eigenvalue weighted by Crippen LogP contribution is 2.37. The van der Waals surface area contributed by atoms with Gasteiger partial charge in [-0.3, -0.25) is 0 Å². The average Bonchev–Trinajstić information content (AvgIpc) is 3.10. The third kappa shape index (κ3) is 3.60. The second kappa shape index (κ2) is 8.34. The lowest BCUT2D eigenvalue weighted by molar-refractivity contribution is 0.132. The lowest BCUT2D eigenvalue weighted by Gasteiger charge is -2.26. The molecular weight excluding hydrogens is 389 g/mol. The van der Waals surface area contributed by atoms with Crippen LogP contribution in [0, 0.1) is 17.5 Å². The van der Waals surface area contributed by atoms with E-state index in [9.17, 15) is 18.3 Å². The average molecular weight is 410 g/mol. The van der Waals surface area contributed by atoms with Crippen molar-refractivity contribution in [3.63, 3.8) is 0 Å². The monoisotopic (exact) mass is 410 g/mol. The maximum atomic E-state index is 14.6. The van der Waals surface area contributed by atoms with Crippen LogP contribution >= 0.6 is 0 Å². The Bertz CT molecular complexity index is 1190. The zero-order valence-electron chi connectivity index (χ0n) is 16.3. The smallest absolute Gasteiger partial charge is 0.166 e. The van der Waals surface area contributed by atoms with Crippen molar-refractivity contribution in [2.24, 2.45) is 0 Å². The number of fused-ring (bicyclic) bond motifs is 1. The number of hydrogen-bond acceptors (Lipinski definition) is 2. The zero-order chi connectivity index (χ0) is 21.3. The summed E-state index contributed by atoms with van der Waals surface area (Å²) >= 11 is 0. The SMILES string of the molecule is CNCC(O)C(c1cccc(F)c1)n1cc(-c2cccc(F)c2F)c2ccccc21. The van der Waals surface area contributed by atoms with Gasteiger partial charge in [-0.05, 0) is 36.9 Å². The number of nitrogens with zero attached hydrogens (tertiary/aromatic N) is 1. The van der Waals surface area contributed by atoms with Crippen LogP contribution in [0.15, 0.2) is 72.9 Å². The number of halogens is 3. The van der Waals surface area contributed by atoms with E-state index in [1.54, 1.807) is 29.9 Å². The van der Waals surface area contributed by atoms with Crippen LogP contribution in [-0.4, -0.2) is 29.4 Å². The van der Waals surface area contributed by atoms with E-state index >= 15 is 0 Å². The molecule has 0 saturated heterocycles. The van der Waals surface area contributed by atoms with Gasteiger partial charge in [0.15, 0.2) is 11.6 Å². The van der Waals surface area contributed by atoms with Gasteiger partial charge in [0.25, 0.3) is 0 Å². The molecule has 4 rings (SSSR count). The number of nitrogens with one attached hydrogen (secondary N) is 1. The van der Waals surface area contributed by atoms with Gasteiger partial charge in [0, 0.05) is 34.8 Å². The third-order valence-electron chi connectivity index (χ3n) is 5.25. The second-order valence-corrected chi connectivity index (χ2v) is 7.19. The lowest BCUT2D eigenvalue weighted by atomic mass is 10.0. The van der Waals surface area contributed by atoms with E-state index in [0.29, 0.717) is 16.5 Å². The molecule has 0 amide bonds. The van der Waals surface area contributed by atoms with Crippen LogP contribution in [0.25, 0.3) is 22.0 Å². The number of aliphatic hydroxyl groups excluding tert-OH is 1. The maximum absolute atomic E-state index is 14.6. The molecular formula is C24H21F3N2O. The molecule has 0 bridgehead atoms. The van der Waals surface area contributed by atoms with Crippen molar-refractivity contribution in [2.75, 3.05) is 13.6 Å². The molecule has 1 heterocycles. The number of likely N-dealkylation sites (N-methyl/N-ethyl adjacent to an activating group) is 1. The molecule has 0 radical (unpaired) electrons. The van der Waals surface area contributed by atoms with Crippen LogP contribution in [0.3, 0.4) is 0 Å². The first-order valence-electron chi connectivity index (χ1n) is 9.63. The van der Waals surface area contributed by atoms with E-state index in [-0.39, 0.29) is 12.1 Å². The molecule has 4 aromatic rings. The Morgan fingerprint density at radius 3 is 2.47 bits per heavy atom. The molecule has 30 heavy (non-hydrogen) atoms. The first kappa shape index (κ1) is 20.2. The molecule has 0 aliphatic rings. The number of aliphatic hydroxyl groups is 1. The fraction of sp³-hybridized carbons (Fsp3) is 0.167. The van der Waals surface area contributed by atoms with Crippen LogP contribution in [0.5, 0.6) is 0 Å². The van der Waals surface area contributed by atoms with Gasteiger partial charge in [0.2, 0.25) is 0 Å². The molecule has 154 valence electrons. The van der Waals surface area contributed by atoms with Crippen LogP contribution in [-0.2, 0) is 0 Å². The largest absolute Gasteiger partial charge is 0.389 e. The molecule has 0 aliphatic carbocycles. The summed E-state index contributed by atoms with van der Waals surface area (Å²) in [5.41, 5.74) is 1.93. The van der Waals surface area contributed by atoms with E-state index in [4.69, 9.17) is 0 Å². The predicted octanol–water partition coefficient (Wildman–Crippen LogP) is 4.90. The van der Waals surface area contributed by atoms with Crippen LogP contribution in [0.4, 0.5) is 13.2 Å². The molecule has 3 nitrogen and oxygen atoms in total. The Morgan fingerprint density at radius 2 is 1.70 bits per heavy atom. The predicted molar refractivity (Wildman–Crippen MR) is 112 cm³/mol. The number of hydrogen-bond donors (Lipinski definition) is 2. The molecule has 2 N–H and O–H groups in total. The molecule has 1 aromatic heterocycles.